The Morgan fingerprint density at radius 2 is 2.09 bits per heavy atom. The summed E-state index contributed by atoms with van der Waals surface area (Å²) >= 11 is 6.40. The van der Waals surface area contributed by atoms with Gasteiger partial charge in [-0.05, 0) is 62.3 Å². The van der Waals surface area contributed by atoms with E-state index in [-0.39, 0.29) is 17.0 Å². The van der Waals surface area contributed by atoms with Gasteiger partial charge in [0.05, 0.1) is 10.5 Å². The van der Waals surface area contributed by atoms with Gasteiger partial charge < -0.3 is 15.0 Å². The van der Waals surface area contributed by atoms with Gasteiger partial charge in [0, 0.05) is 23.5 Å². The Balaban J connectivity index is 1.58. The van der Waals surface area contributed by atoms with Crippen LogP contribution in [0, 0.1) is 12.7 Å². The molecule has 5 nitrogen and oxygen atoms in total. The second-order valence-electron chi connectivity index (χ2n) is 8.84. The van der Waals surface area contributed by atoms with E-state index < -0.39 is 17.8 Å². The first-order valence-electron chi connectivity index (χ1n) is 11.4. The third-order valence-corrected chi connectivity index (χ3v) is 6.77. The Labute approximate surface area is 197 Å². The van der Waals surface area contributed by atoms with Crippen LogP contribution in [0.3, 0.4) is 0 Å². The van der Waals surface area contributed by atoms with E-state index >= 15 is 0 Å². The second-order valence-corrected chi connectivity index (χ2v) is 9.24. The van der Waals surface area contributed by atoms with E-state index in [2.05, 4.69) is 11.4 Å². The SMILES string of the molecule is CCC(C(=O)O)n1c2c(c3cc(F)cc(Cl)c31)CC(NC(=O)CCc1cccc(C)c1)CC2. The number of rotatable bonds is 7. The summed E-state index contributed by atoms with van der Waals surface area (Å²) in [6.45, 7) is 3.84. The molecule has 3 aromatic rings. The number of carboxylic acid groups (broad SMARTS) is 1. The number of aryl methyl sites for hydroxylation is 2. The minimum absolute atomic E-state index is 0.0186. The fourth-order valence-corrected chi connectivity index (χ4v) is 5.29. The number of halogens is 2. The second kappa shape index (κ2) is 9.56. The van der Waals surface area contributed by atoms with Crippen LogP contribution in [0.2, 0.25) is 5.02 Å². The smallest absolute Gasteiger partial charge is 0.326 e. The summed E-state index contributed by atoms with van der Waals surface area (Å²) < 4.78 is 16.0. The Bertz CT molecular complexity index is 1220. The van der Waals surface area contributed by atoms with Gasteiger partial charge in [-0.3, -0.25) is 4.79 Å². The van der Waals surface area contributed by atoms with Gasteiger partial charge >= 0.3 is 5.97 Å². The van der Waals surface area contributed by atoms with Crippen LogP contribution in [-0.4, -0.2) is 27.6 Å². The summed E-state index contributed by atoms with van der Waals surface area (Å²) in [6.07, 6.45) is 3.25. The normalized spacial score (nSPS) is 16.4. The largest absolute Gasteiger partial charge is 0.480 e. The van der Waals surface area contributed by atoms with Gasteiger partial charge in [0.15, 0.2) is 0 Å². The van der Waals surface area contributed by atoms with Crippen LogP contribution in [0.5, 0.6) is 0 Å². The molecule has 0 fully saturated rings. The predicted molar refractivity (Wildman–Crippen MR) is 127 cm³/mol. The number of aliphatic carboxylic acids is 1. The van der Waals surface area contributed by atoms with E-state index in [4.69, 9.17) is 11.6 Å². The summed E-state index contributed by atoms with van der Waals surface area (Å²) in [7, 11) is 0. The van der Waals surface area contributed by atoms with Gasteiger partial charge in [-0.25, -0.2) is 9.18 Å². The number of aromatic nitrogens is 1. The number of benzene rings is 2. The van der Waals surface area contributed by atoms with E-state index in [1.807, 2.05) is 32.0 Å². The van der Waals surface area contributed by atoms with Crippen molar-refractivity contribution in [1.82, 2.24) is 9.88 Å². The summed E-state index contributed by atoms with van der Waals surface area (Å²) in [5.74, 6) is -1.42. The first-order chi connectivity index (χ1) is 15.8. The molecule has 0 radical (unpaired) electrons. The maximum Gasteiger partial charge on any atom is 0.326 e. The van der Waals surface area contributed by atoms with E-state index in [0.717, 1.165) is 16.8 Å². The first-order valence-corrected chi connectivity index (χ1v) is 11.7. The number of hydrogen-bond acceptors (Lipinski definition) is 2. The fraction of sp³-hybridized carbons (Fsp3) is 0.385. The van der Waals surface area contributed by atoms with Gasteiger partial charge in [0.2, 0.25) is 5.91 Å². The molecule has 174 valence electrons. The maximum atomic E-state index is 14.2. The summed E-state index contributed by atoms with van der Waals surface area (Å²) in [4.78, 5) is 24.6. The van der Waals surface area contributed by atoms with Crippen LogP contribution in [0.25, 0.3) is 10.9 Å². The Morgan fingerprint density at radius 1 is 1.30 bits per heavy atom. The fourth-order valence-electron chi connectivity index (χ4n) is 5.00. The average Bonchev–Trinajstić information content (AvgIpc) is 3.06. The molecule has 2 aromatic carbocycles. The van der Waals surface area contributed by atoms with Crippen molar-refractivity contribution >= 4 is 34.4 Å². The van der Waals surface area contributed by atoms with Gasteiger partial charge in [-0.2, -0.15) is 0 Å². The van der Waals surface area contributed by atoms with Crippen molar-refractivity contribution in [3.05, 3.63) is 69.6 Å². The molecule has 2 N–H and O–H groups in total. The molecule has 1 aliphatic rings. The molecule has 0 bridgehead atoms. The van der Waals surface area contributed by atoms with E-state index in [9.17, 15) is 19.1 Å². The molecule has 1 amide bonds. The molecule has 2 atom stereocenters. The van der Waals surface area contributed by atoms with Crippen LogP contribution < -0.4 is 5.32 Å². The Morgan fingerprint density at radius 3 is 2.79 bits per heavy atom. The molecule has 33 heavy (non-hydrogen) atoms. The number of amides is 1. The minimum atomic E-state index is -0.941. The molecule has 1 heterocycles. The topological polar surface area (TPSA) is 71.3 Å². The third-order valence-electron chi connectivity index (χ3n) is 6.49. The van der Waals surface area contributed by atoms with Crippen LogP contribution in [0.1, 0.15) is 54.6 Å². The highest BCUT2D eigenvalue weighted by atomic mass is 35.5. The minimum Gasteiger partial charge on any atom is -0.480 e. The Kier molecular flexibility index (Phi) is 6.75. The zero-order chi connectivity index (χ0) is 23.7. The number of nitrogens with zero attached hydrogens (tertiary/aromatic N) is 1. The van der Waals surface area contributed by atoms with E-state index in [1.54, 1.807) is 4.57 Å². The lowest BCUT2D eigenvalue weighted by atomic mass is 9.91. The van der Waals surface area contributed by atoms with Gasteiger partial charge in [0.1, 0.15) is 11.9 Å². The van der Waals surface area contributed by atoms with Crippen LogP contribution in [0.4, 0.5) is 4.39 Å². The standard InChI is InChI=1S/C26H28ClFN2O3/c1-3-22(26(32)33)30-23-9-8-18(14-19(23)20-12-17(28)13-21(27)25(20)30)29-24(31)10-7-16-6-4-5-15(2)11-16/h4-6,11-13,18,22H,3,7-10,14H2,1-2H3,(H,29,31)(H,32,33). The quantitative estimate of drug-likeness (QED) is 0.486. The number of carbonyl (C=O) groups excluding carboxylic acids is 1. The molecular weight excluding hydrogens is 443 g/mol. The molecule has 0 spiro atoms. The van der Waals surface area contributed by atoms with Crippen molar-refractivity contribution in [3.63, 3.8) is 0 Å². The zero-order valence-electron chi connectivity index (χ0n) is 18.8. The summed E-state index contributed by atoms with van der Waals surface area (Å²) in [6, 6.07) is 9.91. The number of fused-ring (bicyclic) bond motifs is 3. The molecule has 1 aromatic heterocycles. The maximum absolute atomic E-state index is 14.2. The van der Waals surface area contributed by atoms with Gasteiger partial charge in [-0.1, -0.05) is 48.4 Å². The summed E-state index contributed by atoms with van der Waals surface area (Å²) in [5, 5.41) is 13.8. The predicted octanol–water partition coefficient (Wildman–Crippen LogP) is 5.38. The van der Waals surface area contributed by atoms with E-state index in [0.29, 0.717) is 49.4 Å². The highest BCUT2D eigenvalue weighted by molar-refractivity contribution is 6.35. The summed E-state index contributed by atoms with van der Waals surface area (Å²) in [5.41, 5.74) is 4.60. The number of hydrogen-bond donors (Lipinski definition) is 2. The Hall–Kier alpha value is -2.86. The van der Waals surface area contributed by atoms with Crippen LogP contribution in [-0.2, 0) is 28.9 Å². The van der Waals surface area contributed by atoms with Crippen molar-refractivity contribution in [2.24, 2.45) is 0 Å². The lowest BCUT2D eigenvalue weighted by Gasteiger charge is -2.26. The molecule has 1 aliphatic carbocycles. The van der Waals surface area contributed by atoms with Gasteiger partial charge in [-0.15, -0.1) is 0 Å². The molecule has 4 rings (SSSR count). The lowest BCUT2D eigenvalue weighted by Crippen LogP contribution is -2.39. The van der Waals surface area contributed by atoms with Crippen molar-refractivity contribution in [1.29, 1.82) is 0 Å². The van der Waals surface area contributed by atoms with Crippen molar-refractivity contribution in [3.8, 4) is 0 Å². The first kappa shape index (κ1) is 23.3. The molecule has 7 heteroatoms. The van der Waals surface area contributed by atoms with Crippen molar-refractivity contribution < 1.29 is 19.1 Å². The number of nitrogens with one attached hydrogen (secondary N) is 1. The van der Waals surface area contributed by atoms with Crippen LogP contribution in [0.15, 0.2) is 36.4 Å². The van der Waals surface area contributed by atoms with Crippen molar-refractivity contribution in [2.75, 3.05) is 0 Å². The van der Waals surface area contributed by atoms with Gasteiger partial charge in [0.25, 0.3) is 0 Å². The molecule has 0 saturated heterocycles. The molecular formula is C26H28ClFN2O3. The third kappa shape index (κ3) is 4.76. The van der Waals surface area contributed by atoms with Crippen LogP contribution >= 0.6 is 11.6 Å². The monoisotopic (exact) mass is 470 g/mol. The average molecular weight is 471 g/mol. The van der Waals surface area contributed by atoms with E-state index in [1.165, 1.54) is 17.7 Å². The highest BCUT2D eigenvalue weighted by Crippen LogP contribution is 2.39. The molecule has 0 saturated carbocycles. The number of carbonyl (C=O) groups is 2. The number of carboxylic acids is 1. The molecule has 0 aliphatic heterocycles. The zero-order valence-corrected chi connectivity index (χ0v) is 19.6. The molecule has 2 unspecified atom stereocenters. The lowest BCUT2D eigenvalue weighted by molar-refractivity contribution is -0.141. The van der Waals surface area contributed by atoms with Crippen molar-refractivity contribution in [2.45, 2.75) is 64.5 Å². The highest BCUT2D eigenvalue weighted by Gasteiger charge is 2.32.